The summed E-state index contributed by atoms with van der Waals surface area (Å²) in [4.78, 5) is 26.5. The number of likely N-dealkylation sites (tertiary alicyclic amines) is 1. The molecule has 0 spiro atoms. The summed E-state index contributed by atoms with van der Waals surface area (Å²) in [5, 5.41) is 7.78. The molecule has 0 bridgehead atoms. The van der Waals surface area contributed by atoms with Crippen LogP contribution in [-0.2, 0) is 16.1 Å². The van der Waals surface area contributed by atoms with Crippen molar-refractivity contribution in [3.05, 3.63) is 82.6 Å². The molecule has 0 unspecified atom stereocenters. The number of carbonyl (C=O) groups is 2. The van der Waals surface area contributed by atoms with Crippen LogP contribution in [0.1, 0.15) is 29.7 Å². The number of anilines is 1. The second kappa shape index (κ2) is 11.0. The zero-order valence-corrected chi connectivity index (χ0v) is 19.8. The number of benzene rings is 2. The third-order valence-electron chi connectivity index (χ3n) is 5.61. The van der Waals surface area contributed by atoms with Crippen molar-refractivity contribution in [1.29, 1.82) is 0 Å². The third-order valence-corrected chi connectivity index (χ3v) is 6.01. The van der Waals surface area contributed by atoms with E-state index in [1.807, 2.05) is 42.2 Å². The smallest absolute Gasteiger partial charge is 0.260 e. The Bertz CT molecular complexity index is 1180. The van der Waals surface area contributed by atoms with Crippen LogP contribution in [0.3, 0.4) is 0 Å². The molecule has 4 rings (SSSR count). The van der Waals surface area contributed by atoms with E-state index in [9.17, 15) is 9.59 Å². The molecule has 3 aromatic rings. The molecule has 1 aromatic heterocycles. The molecular formula is C26H27ClN4O3. The van der Waals surface area contributed by atoms with Gasteiger partial charge in [0, 0.05) is 36.5 Å². The molecular weight excluding hydrogens is 452 g/mol. The highest BCUT2D eigenvalue weighted by molar-refractivity contribution is 6.31. The quantitative estimate of drug-likeness (QED) is 0.482. The highest BCUT2D eigenvalue weighted by Gasteiger charge is 2.18. The standard InChI is InChI=1S/C26H27ClN4O3/c1-19-23(26(27)31(29-19)17-20-8-3-2-4-9-20)12-13-24(32)28-21-10-7-11-22(16-21)34-18-25(33)30-14-5-6-15-30/h2-4,7-13,16H,5-6,14-15,17-18H2,1H3,(H,28,32)/b13-12+. The first-order chi connectivity index (χ1) is 16.5. The molecule has 34 heavy (non-hydrogen) atoms. The Morgan fingerprint density at radius 2 is 1.88 bits per heavy atom. The van der Waals surface area contributed by atoms with Crippen molar-refractivity contribution >= 4 is 35.2 Å². The number of amides is 2. The number of aryl methyl sites for hydroxylation is 1. The number of hydrogen-bond acceptors (Lipinski definition) is 4. The monoisotopic (exact) mass is 478 g/mol. The number of rotatable bonds is 8. The minimum atomic E-state index is -0.309. The zero-order chi connectivity index (χ0) is 23.9. The molecule has 1 fully saturated rings. The zero-order valence-electron chi connectivity index (χ0n) is 19.0. The summed E-state index contributed by atoms with van der Waals surface area (Å²) in [5.74, 6) is 0.196. The number of hydrogen-bond donors (Lipinski definition) is 1. The van der Waals surface area contributed by atoms with E-state index in [1.54, 1.807) is 35.0 Å². The van der Waals surface area contributed by atoms with Crippen molar-refractivity contribution in [1.82, 2.24) is 14.7 Å². The van der Waals surface area contributed by atoms with Crippen LogP contribution in [0.15, 0.2) is 60.7 Å². The summed E-state index contributed by atoms with van der Waals surface area (Å²) in [7, 11) is 0. The Kier molecular flexibility index (Phi) is 7.65. The normalized spacial score (nSPS) is 13.4. The van der Waals surface area contributed by atoms with Gasteiger partial charge < -0.3 is 15.0 Å². The van der Waals surface area contributed by atoms with E-state index in [0.29, 0.717) is 28.7 Å². The molecule has 1 aliphatic rings. The summed E-state index contributed by atoms with van der Waals surface area (Å²) < 4.78 is 7.34. The van der Waals surface area contributed by atoms with Crippen LogP contribution >= 0.6 is 11.6 Å². The average molecular weight is 479 g/mol. The fourth-order valence-electron chi connectivity index (χ4n) is 3.83. The summed E-state index contributed by atoms with van der Waals surface area (Å²) in [6.07, 6.45) is 5.17. The minimum absolute atomic E-state index is 0.0119. The Labute approximate surface area is 204 Å². The van der Waals surface area contributed by atoms with E-state index in [-0.39, 0.29) is 18.4 Å². The number of aromatic nitrogens is 2. The molecule has 2 aromatic carbocycles. The molecule has 2 amide bonds. The van der Waals surface area contributed by atoms with Crippen LogP contribution in [0.25, 0.3) is 6.08 Å². The molecule has 1 N–H and O–H groups in total. The second-order valence-electron chi connectivity index (χ2n) is 8.16. The van der Waals surface area contributed by atoms with Crippen molar-refractivity contribution in [2.24, 2.45) is 0 Å². The molecule has 176 valence electrons. The lowest BCUT2D eigenvalue weighted by molar-refractivity contribution is -0.132. The van der Waals surface area contributed by atoms with Crippen LogP contribution < -0.4 is 10.1 Å². The molecule has 1 saturated heterocycles. The minimum Gasteiger partial charge on any atom is -0.484 e. The van der Waals surface area contributed by atoms with Gasteiger partial charge in [-0.3, -0.25) is 9.59 Å². The maximum Gasteiger partial charge on any atom is 0.260 e. The predicted molar refractivity (Wildman–Crippen MR) is 133 cm³/mol. The van der Waals surface area contributed by atoms with E-state index in [2.05, 4.69) is 10.4 Å². The molecule has 0 atom stereocenters. The van der Waals surface area contributed by atoms with E-state index >= 15 is 0 Å². The van der Waals surface area contributed by atoms with Gasteiger partial charge in [0.25, 0.3) is 5.91 Å². The molecule has 7 nitrogen and oxygen atoms in total. The van der Waals surface area contributed by atoms with Crippen LogP contribution in [-0.4, -0.2) is 46.2 Å². The predicted octanol–water partition coefficient (Wildman–Crippen LogP) is 4.55. The third kappa shape index (κ3) is 6.05. The average Bonchev–Trinajstić information content (AvgIpc) is 3.46. The van der Waals surface area contributed by atoms with E-state index < -0.39 is 0 Å². The van der Waals surface area contributed by atoms with Gasteiger partial charge in [-0.2, -0.15) is 5.10 Å². The van der Waals surface area contributed by atoms with Gasteiger partial charge >= 0.3 is 0 Å². The van der Waals surface area contributed by atoms with Gasteiger partial charge in [-0.1, -0.05) is 48.0 Å². The van der Waals surface area contributed by atoms with Gasteiger partial charge in [0.1, 0.15) is 10.9 Å². The van der Waals surface area contributed by atoms with Crippen LogP contribution in [0, 0.1) is 6.92 Å². The van der Waals surface area contributed by atoms with Crippen molar-refractivity contribution < 1.29 is 14.3 Å². The summed E-state index contributed by atoms with van der Waals surface area (Å²) in [5.41, 5.74) is 3.10. The summed E-state index contributed by atoms with van der Waals surface area (Å²) in [6.45, 7) is 3.98. The maximum atomic E-state index is 12.5. The van der Waals surface area contributed by atoms with Crippen molar-refractivity contribution in [3.63, 3.8) is 0 Å². The highest BCUT2D eigenvalue weighted by atomic mass is 35.5. The highest BCUT2D eigenvalue weighted by Crippen LogP contribution is 2.23. The molecule has 0 aliphatic carbocycles. The first-order valence-corrected chi connectivity index (χ1v) is 11.6. The van der Waals surface area contributed by atoms with E-state index in [4.69, 9.17) is 16.3 Å². The Hall–Kier alpha value is -3.58. The van der Waals surface area contributed by atoms with Gasteiger partial charge in [0.15, 0.2) is 6.61 Å². The van der Waals surface area contributed by atoms with Gasteiger partial charge in [-0.15, -0.1) is 0 Å². The van der Waals surface area contributed by atoms with Crippen molar-refractivity contribution in [3.8, 4) is 5.75 Å². The van der Waals surface area contributed by atoms with Gasteiger partial charge in [-0.05, 0) is 43.5 Å². The fourth-order valence-corrected chi connectivity index (χ4v) is 4.12. The first-order valence-electron chi connectivity index (χ1n) is 11.3. The second-order valence-corrected chi connectivity index (χ2v) is 8.52. The maximum absolute atomic E-state index is 12.5. The lowest BCUT2D eigenvalue weighted by Gasteiger charge is -2.15. The van der Waals surface area contributed by atoms with Crippen molar-refractivity contribution in [2.75, 3.05) is 25.0 Å². The van der Waals surface area contributed by atoms with Crippen LogP contribution in [0.2, 0.25) is 5.15 Å². The van der Waals surface area contributed by atoms with Gasteiger partial charge in [-0.25, -0.2) is 4.68 Å². The summed E-state index contributed by atoms with van der Waals surface area (Å²) >= 11 is 6.52. The Morgan fingerprint density at radius 3 is 2.65 bits per heavy atom. The lowest BCUT2D eigenvalue weighted by Crippen LogP contribution is -2.32. The summed E-state index contributed by atoms with van der Waals surface area (Å²) in [6, 6.07) is 16.9. The largest absolute Gasteiger partial charge is 0.484 e. The van der Waals surface area contributed by atoms with Crippen LogP contribution in [0.5, 0.6) is 5.75 Å². The van der Waals surface area contributed by atoms with Crippen LogP contribution in [0.4, 0.5) is 5.69 Å². The number of nitrogens with one attached hydrogen (secondary N) is 1. The van der Waals surface area contributed by atoms with Gasteiger partial charge in [0.05, 0.1) is 12.2 Å². The molecule has 0 radical (unpaired) electrons. The van der Waals surface area contributed by atoms with Crippen molar-refractivity contribution in [2.45, 2.75) is 26.3 Å². The molecule has 8 heteroatoms. The molecule has 1 aliphatic heterocycles. The number of nitrogens with zero attached hydrogens (tertiary/aromatic N) is 3. The lowest BCUT2D eigenvalue weighted by atomic mass is 10.2. The topological polar surface area (TPSA) is 76.5 Å². The molecule has 0 saturated carbocycles. The van der Waals surface area contributed by atoms with Gasteiger partial charge in [0.2, 0.25) is 5.91 Å². The SMILES string of the molecule is Cc1nn(Cc2ccccc2)c(Cl)c1/C=C/C(=O)Nc1cccc(OCC(=O)N2CCCC2)c1. The Morgan fingerprint density at radius 1 is 1.12 bits per heavy atom. The Balaban J connectivity index is 1.35. The fraction of sp³-hybridized carbons (Fsp3) is 0.269. The number of ether oxygens (including phenoxy) is 1. The number of halogens is 1. The molecule has 2 heterocycles. The first kappa shape index (κ1) is 23.6. The number of carbonyl (C=O) groups excluding carboxylic acids is 2. The van der Waals surface area contributed by atoms with E-state index in [1.165, 1.54) is 6.08 Å². The van der Waals surface area contributed by atoms with E-state index in [0.717, 1.165) is 37.2 Å².